The molecule has 3 N–H and O–H groups in total. The van der Waals surface area contributed by atoms with Crippen LogP contribution in [0.15, 0.2) is 0 Å². The number of nitrogens with one attached hydrogen (secondary N) is 1. The lowest BCUT2D eigenvalue weighted by atomic mass is 10.0. The smallest absolute Gasteiger partial charge is 0.279 e. The van der Waals surface area contributed by atoms with E-state index in [0.717, 1.165) is 12.8 Å². The number of nitrogens with zero attached hydrogens (tertiary/aromatic N) is 1. The van der Waals surface area contributed by atoms with Gasteiger partial charge in [-0.15, -0.1) is 0 Å². The summed E-state index contributed by atoms with van der Waals surface area (Å²) in [6.45, 7) is 3.25. The van der Waals surface area contributed by atoms with Gasteiger partial charge in [0.2, 0.25) is 0 Å². The molecular formula is C10H24N2O4S. The molecule has 0 heterocycles. The molecule has 0 rings (SSSR count). The van der Waals surface area contributed by atoms with Crippen LogP contribution in [-0.2, 0) is 10.2 Å². The quantitative estimate of drug-likeness (QED) is 0.535. The van der Waals surface area contributed by atoms with Crippen molar-refractivity contribution in [2.24, 2.45) is 0 Å². The summed E-state index contributed by atoms with van der Waals surface area (Å²) in [5.41, 5.74) is -1.18. The Bertz CT molecular complexity index is 293. The Labute approximate surface area is 104 Å². The van der Waals surface area contributed by atoms with Crippen LogP contribution in [0.3, 0.4) is 0 Å². The molecule has 0 spiro atoms. The Morgan fingerprint density at radius 3 is 2.12 bits per heavy atom. The van der Waals surface area contributed by atoms with Gasteiger partial charge in [-0.2, -0.15) is 17.4 Å². The summed E-state index contributed by atoms with van der Waals surface area (Å²) in [5, 5.41) is 18.4. The normalized spacial score (nSPS) is 13.3. The largest absolute Gasteiger partial charge is 0.394 e. The molecule has 0 saturated heterocycles. The van der Waals surface area contributed by atoms with Crippen molar-refractivity contribution in [2.75, 3.05) is 26.8 Å². The second-order valence-corrected chi connectivity index (χ2v) is 6.01. The summed E-state index contributed by atoms with van der Waals surface area (Å²) in [4.78, 5) is 0. The second-order valence-electron chi connectivity index (χ2n) is 4.23. The van der Waals surface area contributed by atoms with Crippen molar-refractivity contribution in [3.63, 3.8) is 0 Å². The van der Waals surface area contributed by atoms with Gasteiger partial charge in [-0.25, -0.2) is 0 Å². The van der Waals surface area contributed by atoms with Crippen LogP contribution < -0.4 is 4.72 Å². The number of aliphatic hydroxyl groups excluding tert-OH is 2. The molecule has 0 aromatic rings. The van der Waals surface area contributed by atoms with Gasteiger partial charge in [-0.1, -0.05) is 20.3 Å². The van der Waals surface area contributed by atoms with E-state index in [4.69, 9.17) is 0 Å². The van der Waals surface area contributed by atoms with E-state index in [2.05, 4.69) is 4.72 Å². The first-order valence-corrected chi connectivity index (χ1v) is 7.28. The topological polar surface area (TPSA) is 89.9 Å². The van der Waals surface area contributed by atoms with Gasteiger partial charge in [0.15, 0.2) is 0 Å². The Morgan fingerprint density at radius 2 is 1.76 bits per heavy atom. The minimum atomic E-state index is -3.66. The van der Waals surface area contributed by atoms with Crippen LogP contribution in [-0.4, -0.2) is 55.3 Å². The molecular weight excluding hydrogens is 244 g/mol. The maximum absolute atomic E-state index is 11.9. The molecule has 6 nitrogen and oxygen atoms in total. The average molecular weight is 268 g/mol. The molecule has 0 aromatic heterocycles. The van der Waals surface area contributed by atoms with Crippen molar-refractivity contribution in [3.05, 3.63) is 0 Å². The van der Waals surface area contributed by atoms with E-state index in [-0.39, 0.29) is 0 Å². The molecule has 0 amide bonds. The van der Waals surface area contributed by atoms with Crippen LogP contribution in [0, 0.1) is 0 Å². The number of hydrogen-bond donors (Lipinski definition) is 3. The van der Waals surface area contributed by atoms with Crippen molar-refractivity contribution in [1.82, 2.24) is 9.03 Å². The highest BCUT2D eigenvalue weighted by molar-refractivity contribution is 7.87. The van der Waals surface area contributed by atoms with Crippen molar-refractivity contribution < 1.29 is 18.6 Å². The predicted octanol–water partition coefficient (Wildman–Crippen LogP) is -0.314. The molecule has 0 atom stereocenters. The van der Waals surface area contributed by atoms with E-state index in [1.54, 1.807) is 6.92 Å². The monoisotopic (exact) mass is 268 g/mol. The molecule has 104 valence electrons. The third kappa shape index (κ3) is 4.89. The maximum atomic E-state index is 11.9. The number of unbranched alkanes of at least 4 members (excludes halogenated alkanes) is 1. The zero-order valence-electron chi connectivity index (χ0n) is 10.8. The third-order valence-electron chi connectivity index (χ3n) is 2.86. The maximum Gasteiger partial charge on any atom is 0.279 e. The molecule has 0 aliphatic rings. The molecule has 0 radical (unpaired) electrons. The van der Waals surface area contributed by atoms with Crippen molar-refractivity contribution in [1.29, 1.82) is 0 Å². The van der Waals surface area contributed by atoms with E-state index in [0.29, 0.717) is 13.0 Å². The van der Waals surface area contributed by atoms with Crippen LogP contribution in [0.1, 0.15) is 33.1 Å². The van der Waals surface area contributed by atoms with Gasteiger partial charge in [0.1, 0.15) is 0 Å². The van der Waals surface area contributed by atoms with Crippen LogP contribution >= 0.6 is 0 Å². The predicted molar refractivity (Wildman–Crippen MR) is 66.8 cm³/mol. The first-order valence-electron chi connectivity index (χ1n) is 5.84. The van der Waals surface area contributed by atoms with E-state index in [1.807, 2.05) is 6.92 Å². The molecule has 0 aromatic carbocycles. The van der Waals surface area contributed by atoms with Gasteiger partial charge < -0.3 is 10.2 Å². The number of aliphatic hydroxyl groups is 2. The summed E-state index contributed by atoms with van der Waals surface area (Å²) in [5.74, 6) is 0. The van der Waals surface area contributed by atoms with E-state index in [1.165, 1.54) is 11.4 Å². The second kappa shape index (κ2) is 7.27. The summed E-state index contributed by atoms with van der Waals surface area (Å²) in [6, 6.07) is 0. The molecule has 0 aliphatic heterocycles. The zero-order valence-corrected chi connectivity index (χ0v) is 11.6. The van der Waals surface area contributed by atoms with E-state index < -0.39 is 29.0 Å². The van der Waals surface area contributed by atoms with E-state index in [9.17, 15) is 18.6 Å². The van der Waals surface area contributed by atoms with Gasteiger partial charge in [-0.05, 0) is 12.8 Å². The fourth-order valence-corrected chi connectivity index (χ4v) is 2.61. The highest BCUT2D eigenvalue weighted by Gasteiger charge is 2.33. The highest BCUT2D eigenvalue weighted by Crippen LogP contribution is 2.12. The summed E-state index contributed by atoms with van der Waals surface area (Å²) in [6.07, 6.45) is 1.99. The highest BCUT2D eigenvalue weighted by atomic mass is 32.2. The lowest BCUT2D eigenvalue weighted by Crippen LogP contribution is -2.57. The van der Waals surface area contributed by atoms with Crippen LogP contribution in [0.5, 0.6) is 0 Å². The minimum Gasteiger partial charge on any atom is -0.394 e. The summed E-state index contributed by atoms with van der Waals surface area (Å²) >= 11 is 0. The SMILES string of the molecule is CCCCN(C)S(=O)(=O)NC(CC)(CO)CO. The minimum absolute atomic E-state index is 0.320. The Hall–Kier alpha value is -0.210. The molecule has 0 fully saturated rings. The fraction of sp³-hybridized carbons (Fsp3) is 1.00. The van der Waals surface area contributed by atoms with E-state index >= 15 is 0 Å². The Balaban J connectivity index is 4.72. The molecule has 7 heteroatoms. The zero-order chi connectivity index (χ0) is 13.5. The number of rotatable bonds is 9. The average Bonchev–Trinajstić information content (AvgIpc) is 2.33. The number of hydrogen-bond acceptors (Lipinski definition) is 4. The van der Waals surface area contributed by atoms with Gasteiger partial charge >= 0.3 is 0 Å². The van der Waals surface area contributed by atoms with Crippen LogP contribution in [0.25, 0.3) is 0 Å². The van der Waals surface area contributed by atoms with Gasteiger partial charge in [0, 0.05) is 13.6 Å². The molecule has 0 saturated carbocycles. The first kappa shape index (κ1) is 16.8. The Morgan fingerprint density at radius 1 is 1.24 bits per heavy atom. The van der Waals surface area contributed by atoms with Gasteiger partial charge in [0.05, 0.1) is 18.8 Å². The van der Waals surface area contributed by atoms with Crippen molar-refractivity contribution in [2.45, 2.75) is 38.6 Å². The van der Waals surface area contributed by atoms with Crippen molar-refractivity contribution in [3.8, 4) is 0 Å². The van der Waals surface area contributed by atoms with Crippen LogP contribution in [0.4, 0.5) is 0 Å². The van der Waals surface area contributed by atoms with Gasteiger partial charge in [0.25, 0.3) is 10.2 Å². The standard InChI is InChI=1S/C10H24N2O4S/c1-4-6-7-12(3)17(15,16)11-10(5-2,8-13)9-14/h11,13-14H,4-9H2,1-3H3. The lowest BCUT2D eigenvalue weighted by molar-refractivity contribution is 0.104. The molecule has 17 heavy (non-hydrogen) atoms. The Kier molecular flexibility index (Phi) is 7.18. The molecule has 0 bridgehead atoms. The molecule has 0 unspecified atom stereocenters. The van der Waals surface area contributed by atoms with Crippen molar-refractivity contribution >= 4 is 10.2 Å². The fourth-order valence-electron chi connectivity index (χ4n) is 1.26. The first-order chi connectivity index (χ1) is 7.87. The van der Waals surface area contributed by atoms with Gasteiger partial charge in [-0.3, -0.25) is 0 Å². The third-order valence-corrected chi connectivity index (χ3v) is 4.56. The lowest BCUT2D eigenvalue weighted by Gasteiger charge is -2.31. The van der Waals surface area contributed by atoms with Crippen LogP contribution in [0.2, 0.25) is 0 Å². The summed E-state index contributed by atoms with van der Waals surface area (Å²) in [7, 11) is -2.18. The summed E-state index contributed by atoms with van der Waals surface area (Å²) < 4.78 is 27.4. The molecule has 0 aliphatic carbocycles.